The molecule has 0 saturated carbocycles. The largest absolute Gasteiger partial charge is 0.618 e. The second kappa shape index (κ2) is 2.30. The number of fused-ring (bicyclic) bond motifs is 1. The quantitative estimate of drug-likeness (QED) is 0.388. The minimum Gasteiger partial charge on any atom is -0.618 e. The van der Waals surface area contributed by atoms with Gasteiger partial charge in [-0.15, -0.1) is 0 Å². The summed E-state index contributed by atoms with van der Waals surface area (Å²) < 4.78 is 1.24. The fraction of sp³-hybridized carbons (Fsp3) is 0. The van der Waals surface area contributed by atoms with Crippen LogP contribution < -0.4 is 9.46 Å². The van der Waals surface area contributed by atoms with E-state index < -0.39 is 0 Å². The maximum absolute atomic E-state index is 11.1. The molecule has 2 aromatic heterocycles. The third-order valence-electron chi connectivity index (χ3n) is 1.59. The summed E-state index contributed by atoms with van der Waals surface area (Å²) >= 11 is 0. The molecule has 0 spiro atoms. The lowest BCUT2D eigenvalue weighted by Crippen LogP contribution is -2.36. The third-order valence-corrected chi connectivity index (χ3v) is 1.59. The first-order valence-corrected chi connectivity index (χ1v) is 3.34. The lowest BCUT2D eigenvalue weighted by molar-refractivity contribution is -0.628. The average molecular weight is 163 g/mol. The van der Waals surface area contributed by atoms with Crippen LogP contribution in [-0.2, 0) is 0 Å². The molecule has 2 rings (SSSR count). The van der Waals surface area contributed by atoms with E-state index in [0.717, 1.165) is 12.4 Å². The standard InChI is InChI=1S/C7H5N3O2/c11-9-3-4-10(12)7-5-8-2-1-6(7)9/h1-5H. The first kappa shape index (κ1) is 6.78. The molecule has 0 N–H and O–H groups in total. The van der Waals surface area contributed by atoms with Crippen molar-refractivity contribution in [1.29, 1.82) is 0 Å². The van der Waals surface area contributed by atoms with Crippen LogP contribution in [0.15, 0.2) is 30.9 Å². The van der Waals surface area contributed by atoms with Crippen molar-refractivity contribution in [3.63, 3.8) is 0 Å². The molecule has 5 heteroatoms. The highest BCUT2D eigenvalue weighted by atomic mass is 16.5. The van der Waals surface area contributed by atoms with Gasteiger partial charge in [-0.1, -0.05) is 0 Å². The topological polar surface area (TPSA) is 66.8 Å². The Morgan fingerprint density at radius 2 is 1.75 bits per heavy atom. The van der Waals surface area contributed by atoms with Gasteiger partial charge in [0, 0.05) is 12.3 Å². The summed E-state index contributed by atoms with van der Waals surface area (Å²) in [4.78, 5) is 3.74. The van der Waals surface area contributed by atoms with Crippen LogP contribution in [0.2, 0.25) is 0 Å². The summed E-state index contributed by atoms with van der Waals surface area (Å²) in [6.07, 6.45) is 5.14. The van der Waals surface area contributed by atoms with Crippen LogP contribution in [0, 0.1) is 10.4 Å². The van der Waals surface area contributed by atoms with Crippen molar-refractivity contribution in [2.45, 2.75) is 0 Å². The molecule has 0 fully saturated rings. The molecule has 2 heterocycles. The second-order valence-corrected chi connectivity index (χ2v) is 2.31. The SMILES string of the molecule is [O-][n+]1cc[n+]([O-])c2cnccc21. The summed E-state index contributed by atoms with van der Waals surface area (Å²) in [5.41, 5.74) is 0.595. The maximum Gasteiger partial charge on any atom is 0.308 e. The lowest BCUT2D eigenvalue weighted by Gasteiger charge is -2.00. The molecule has 60 valence electrons. The summed E-state index contributed by atoms with van der Waals surface area (Å²) in [6, 6.07) is 1.50. The Bertz CT molecular complexity index is 389. The molecule has 0 aliphatic rings. The summed E-state index contributed by atoms with van der Waals surface area (Å²) in [5.74, 6) is 0. The molecular formula is C7H5N3O2. The van der Waals surface area contributed by atoms with Crippen LogP contribution in [0.3, 0.4) is 0 Å². The predicted molar refractivity (Wildman–Crippen MR) is 39.7 cm³/mol. The van der Waals surface area contributed by atoms with Crippen molar-refractivity contribution in [1.82, 2.24) is 4.98 Å². The Morgan fingerprint density at radius 1 is 1.08 bits per heavy atom. The van der Waals surface area contributed by atoms with Gasteiger partial charge in [0.2, 0.25) is 12.4 Å². The Kier molecular flexibility index (Phi) is 1.30. The van der Waals surface area contributed by atoms with Gasteiger partial charge in [0.05, 0.1) is 0 Å². The van der Waals surface area contributed by atoms with Crippen molar-refractivity contribution in [2.24, 2.45) is 0 Å². The molecule has 0 unspecified atom stereocenters. The van der Waals surface area contributed by atoms with E-state index in [9.17, 15) is 10.4 Å². The second-order valence-electron chi connectivity index (χ2n) is 2.31. The minimum absolute atomic E-state index is 0.273. The van der Waals surface area contributed by atoms with Gasteiger partial charge in [0.15, 0.2) is 0 Å². The van der Waals surface area contributed by atoms with E-state index in [2.05, 4.69) is 4.98 Å². The number of pyridine rings is 1. The molecular weight excluding hydrogens is 158 g/mol. The van der Waals surface area contributed by atoms with Crippen molar-refractivity contribution in [3.8, 4) is 0 Å². The van der Waals surface area contributed by atoms with E-state index >= 15 is 0 Å². The third kappa shape index (κ3) is 0.833. The van der Waals surface area contributed by atoms with Crippen molar-refractivity contribution in [3.05, 3.63) is 41.3 Å². The van der Waals surface area contributed by atoms with Crippen molar-refractivity contribution in [2.75, 3.05) is 0 Å². The molecule has 0 aliphatic heterocycles. The van der Waals surface area contributed by atoms with Gasteiger partial charge in [-0.05, 0) is 0 Å². The lowest BCUT2D eigenvalue weighted by atomic mass is 10.4. The molecule has 0 saturated heterocycles. The van der Waals surface area contributed by atoms with Crippen LogP contribution in [0.4, 0.5) is 0 Å². The Labute approximate surface area is 67.7 Å². The molecule has 0 atom stereocenters. The van der Waals surface area contributed by atoms with Gasteiger partial charge in [-0.3, -0.25) is 4.98 Å². The zero-order valence-corrected chi connectivity index (χ0v) is 6.04. The van der Waals surface area contributed by atoms with Gasteiger partial charge in [-0.2, -0.15) is 9.46 Å². The van der Waals surface area contributed by atoms with Crippen LogP contribution in [-0.4, -0.2) is 4.98 Å². The van der Waals surface area contributed by atoms with Gasteiger partial charge in [-0.25, -0.2) is 0 Å². The highest BCUT2D eigenvalue weighted by Gasteiger charge is 2.10. The Balaban J connectivity index is 2.95. The fourth-order valence-electron chi connectivity index (χ4n) is 1.02. The number of nitrogens with zero attached hydrogens (tertiary/aromatic N) is 3. The summed E-state index contributed by atoms with van der Waals surface area (Å²) in [6.45, 7) is 0. The van der Waals surface area contributed by atoms with E-state index in [1.165, 1.54) is 18.5 Å². The number of rotatable bonds is 0. The Morgan fingerprint density at radius 3 is 2.42 bits per heavy atom. The van der Waals surface area contributed by atoms with Gasteiger partial charge < -0.3 is 10.4 Å². The molecule has 0 amide bonds. The molecule has 0 bridgehead atoms. The number of hydrogen-bond acceptors (Lipinski definition) is 3. The summed E-state index contributed by atoms with van der Waals surface area (Å²) in [7, 11) is 0. The molecule has 0 radical (unpaired) electrons. The monoisotopic (exact) mass is 163 g/mol. The highest BCUT2D eigenvalue weighted by molar-refractivity contribution is 5.65. The fourth-order valence-corrected chi connectivity index (χ4v) is 1.02. The highest BCUT2D eigenvalue weighted by Crippen LogP contribution is 1.99. The van der Waals surface area contributed by atoms with E-state index in [1.807, 2.05) is 0 Å². The summed E-state index contributed by atoms with van der Waals surface area (Å²) in [5, 5.41) is 22.1. The molecule has 12 heavy (non-hydrogen) atoms. The van der Waals surface area contributed by atoms with E-state index in [-0.39, 0.29) is 5.52 Å². The number of aromatic nitrogens is 3. The molecule has 0 aromatic carbocycles. The van der Waals surface area contributed by atoms with Gasteiger partial charge in [0.1, 0.15) is 6.20 Å². The zero-order valence-electron chi connectivity index (χ0n) is 6.04. The van der Waals surface area contributed by atoms with Crippen LogP contribution in [0.25, 0.3) is 11.0 Å². The van der Waals surface area contributed by atoms with Gasteiger partial charge >= 0.3 is 5.52 Å². The number of hydrogen-bond donors (Lipinski definition) is 0. The normalized spacial score (nSPS) is 10.3. The van der Waals surface area contributed by atoms with Crippen molar-refractivity contribution < 1.29 is 9.46 Å². The maximum atomic E-state index is 11.1. The first-order chi connectivity index (χ1) is 5.79. The van der Waals surface area contributed by atoms with Crippen LogP contribution >= 0.6 is 0 Å². The van der Waals surface area contributed by atoms with Crippen molar-refractivity contribution >= 4 is 11.0 Å². The van der Waals surface area contributed by atoms with E-state index in [4.69, 9.17) is 0 Å². The first-order valence-electron chi connectivity index (χ1n) is 3.34. The minimum atomic E-state index is 0.273. The van der Waals surface area contributed by atoms with E-state index in [0.29, 0.717) is 15.0 Å². The van der Waals surface area contributed by atoms with E-state index in [1.54, 1.807) is 0 Å². The van der Waals surface area contributed by atoms with Crippen LogP contribution in [0.1, 0.15) is 0 Å². The predicted octanol–water partition coefficient (Wildman–Crippen LogP) is -0.498. The smallest absolute Gasteiger partial charge is 0.308 e. The zero-order chi connectivity index (χ0) is 8.55. The van der Waals surface area contributed by atoms with Crippen LogP contribution in [0.5, 0.6) is 0 Å². The Hall–Kier alpha value is -1.91. The molecule has 2 aromatic rings. The molecule has 5 nitrogen and oxygen atoms in total. The van der Waals surface area contributed by atoms with Gasteiger partial charge in [0.25, 0.3) is 5.52 Å². The average Bonchev–Trinajstić information content (AvgIpc) is 2.12. The molecule has 0 aliphatic carbocycles.